The van der Waals surface area contributed by atoms with Crippen LogP contribution in [0.25, 0.3) is 10.8 Å². The molecule has 0 radical (unpaired) electrons. The zero-order chi connectivity index (χ0) is 15.5. The Kier molecular flexibility index (Phi) is 3.78. The van der Waals surface area contributed by atoms with Crippen LogP contribution in [0.15, 0.2) is 42.5 Å². The number of aromatic nitrogens is 2. The van der Waals surface area contributed by atoms with E-state index < -0.39 is 0 Å². The van der Waals surface area contributed by atoms with Crippen LogP contribution in [0.4, 0.5) is 5.82 Å². The number of fused-ring (bicyclic) bond motifs is 1. The zero-order valence-electron chi connectivity index (χ0n) is 12.5. The number of rotatable bonds is 4. The van der Waals surface area contributed by atoms with E-state index in [1.807, 2.05) is 42.5 Å². The molecule has 0 spiro atoms. The standard InChI is InChI=1S/C17H17N3O2/c1-21-12-8-7-11(16(10-12)22-2)9-15-13-5-3-4-6-14(13)17(18)20-19-15/h3-8,10H,9H2,1-2H3,(H2,18,20). The number of nitrogens with two attached hydrogens (primary N) is 1. The van der Waals surface area contributed by atoms with Gasteiger partial charge in [-0.05, 0) is 6.07 Å². The number of nitrogens with zero attached hydrogens (tertiary/aromatic N) is 2. The Morgan fingerprint density at radius 1 is 0.955 bits per heavy atom. The van der Waals surface area contributed by atoms with Gasteiger partial charge in [0.1, 0.15) is 11.5 Å². The van der Waals surface area contributed by atoms with Crippen molar-refractivity contribution in [2.24, 2.45) is 0 Å². The summed E-state index contributed by atoms with van der Waals surface area (Å²) >= 11 is 0. The second-order valence-corrected chi connectivity index (χ2v) is 4.93. The third-order valence-electron chi connectivity index (χ3n) is 3.64. The van der Waals surface area contributed by atoms with Crippen LogP contribution in [-0.4, -0.2) is 24.4 Å². The van der Waals surface area contributed by atoms with Crippen molar-refractivity contribution in [3.63, 3.8) is 0 Å². The van der Waals surface area contributed by atoms with E-state index in [1.54, 1.807) is 14.2 Å². The number of methoxy groups -OCH3 is 2. The predicted molar refractivity (Wildman–Crippen MR) is 86.3 cm³/mol. The minimum atomic E-state index is 0.445. The highest BCUT2D eigenvalue weighted by Gasteiger charge is 2.11. The lowest BCUT2D eigenvalue weighted by molar-refractivity contribution is 0.391. The molecule has 22 heavy (non-hydrogen) atoms. The first-order valence-corrected chi connectivity index (χ1v) is 6.93. The fourth-order valence-corrected chi connectivity index (χ4v) is 2.49. The van der Waals surface area contributed by atoms with Gasteiger partial charge in [-0.1, -0.05) is 30.3 Å². The largest absolute Gasteiger partial charge is 0.497 e. The van der Waals surface area contributed by atoms with E-state index >= 15 is 0 Å². The molecule has 1 aromatic heterocycles. The Morgan fingerprint density at radius 2 is 1.73 bits per heavy atom. The SMILES string of the molecule is COc1ccc(Cc2nnc(N)c3ccccc23)c(OC)c1. The first-order valence-electron chi connectivity index (χ1n) is 6.93. The van der Waals surface area contributed by atoms with Gasteiger partial charge in [-0.3, -0.25) is 0 Å². The minimum Gasteiger partial charge on any atom is -0.497 e. The summed E-state index contributed by atoms with van der Waals surface area (Å²) in [5.74, 6) is 1.97. The number of hydrogen-bond donors (Lipinski definition) is 1. The van der Waals surface area contributed by atoms with Gasteiger partial charge < -0.3 is 15.2 Å². The molecular formula is C17H17N3O2. The van der Waals surface area contributed by atoms with Crippen LogP contribution in [0.2, 0.25) is 0 Å². The quantitative estimate of drug-likeness (QED) is 0.801. The molecule has 2 N–H and O–H groups in total. The first-order chi connectivity index (χ1) is 10.7. The maximum Gasteiger partial charge on any atom is 0.153 e. The molecule has 2 aromatic carbocycles. The van der Waals surface area contributed by atoms with Gasteiger partial charge in [0.05, 0.1) is 19.9 Å². The normalized spacial score (nSPS) is 10.6. The summed E-state index contributed by atoms with van der Waals surface area (Å²) in [5, 5.41) is 10.2. The van der Waals surface area contributed by atoms with Gasteiger partial charge in [0, 0.05) is 28.8 Å². The molecule has 0 unspecified atom stereocenters. The van der Waals surface area contributed by atoms with Gasteiger partial charge in [0.25, 0.3) is 0 Å². The number of benzene rings is 2. The Bertz CT molecular complexity index is 818. The fraction of sp³-hybridized carbons (Fsp3) is 0.176. The van der Waals surface area contributed by atoms with Gasteiger partial charge in [-0.15, -0.1) is 5.10 Å². The Hall–Kier alpha value is -2.82. The maximum atomic E-state index is 5.90. The minimum absolute atomic E-state index is 0.445. The van der Waals surface area contributed by atoms with E-state index in [4.69, 9.17) is 15.2 Å². The number of anilines is 1. The molecule has 0 aliphatic heterocycles. The average Bonchev–Trinajstić information content (AvgIpc) is 2.58. The summed E-state index contributed by atoms with van der Waals surface area (Å²) in [6.07, 6.45) is 0.612. The Labute approximate surface area is 128 Å². The van der Waals surface area contributed by atoms with Crippen molar-refractivity contribution < 1.29 is 9.47 Å². The lowest BCUT2D eigenvalue weighted by Crippen LogP contribution is -2.02. The van der Waals surface area contributed by atoms with Crippen molar-refractivity contribution in [1.82, 2.24) is 10.2 Å². The van der Waals surface area contributed by atoms with Gasteiger partial charge >= 0.3 is 0 Å². The van der Waals surface area contributed by atoms with E-state index in [2.05, 4.69) is 10.2 Å². The molecule has 5 heteroatoms. The van der Waals surface area contributed by atoms with Gasteiger partial charge in [0.15, 0.2) is 5.82 Å². The molecule has 0 saturated carbocycles. The summed E-state index contributed by atoms with van der Waals surface area (Å²) in [6.45, 7) is 0. The molecule has 0 bridgehead atoms. The molecule has 1 heterocycles. The molecule has 5 nitrogen and oxygen atoms in total. The summed E-state index contributed by atoms with van der Waals surface area (Å²) in [5.41, 5.74) is 7.79. The van der Waals surface area contributed by atoms with E-state index in [-0.39, 0.29) is 0 Å². The van der Waals surface area contributed by atoms with Crippen LogP contribution >= 0.6 is 0 Å². The van der Waals surface area contributed by atoms with Crippen LogP contribution in [0.3, 0.4) is 0 Å². The molecule has 0 fully saturated rings. The molecule has 0 saturated heterocycles. The molecule has 3 aromatic rings. The molecule has 0 aliphatic rings. The molecular weight excluding hydrogens is 278 g/mol. The van der Waals surface area contributed by atoms with Crippen molar-refractivity contribution in [1.29, 1.82) is 0 Å². The van der Waals surface area contributed by atoms with Crippen molar-refractivity contribution >= 4 is 16.6 Å². The van der Waals surface area contributed by atoms with Crippen LogP contribution in [-0.2, 0) is 6.42 Å². The molecule has 3 rings (SSSR count). The monoisotopic (exact) mass is 295 g/mol. The predicted octanol–water partition coefficient (Wildman–Crippen LogP) is 2.82. The second kappa shape index (κ2) is 5.89. The topological polar surface area (TPSA) is 70.3 Å². The van der Waals surface area contributed by atoms with E-state index in [0.29, 0.717) is 12.2 Å². The second-order valence-electron chi connectivity index (χ2n) is 4.93. The first kappa shape index (κ1) is 14.1. The van der Waals surface area contributed by atoms with Crippen LogP contribution in [0.1, 0.15) is 11.3 Å². The highest BCUT2D eigenvalue weighted by molar-refractivity contribution is 5.92. The highest BCUT2D eigenvalue weighted by Crippen LogP contribution is 2.29. The van der Waals surface area contributed by atoms with Gasteiger partial charge in [0.2, 0.25) is 0 Å². The van der Waals surface area contributed by atoms with E-state index in [0.717, 1.165) is 33.5 Å². The van der Waals surface area contributed by atoms with Crippen LogP contribution in [0.5, 0.6) is 11.5 Å². The van der Waals surface area contributed by atoms with Crippen molar-refractivity contribution in [2.45, 2.75) is 6.42 Å². The lowest BCUT2D eigenvalue weighted by atomic mass is 10.0. The summed E-state index contributed by atoms with van der Waals surface area (Å²) < 4.78 is 10.7. The molecule has 0 atom stereocenters. The van der Waals surface area contributed by atoms with Gasteiger partial charge in [-0.25, -0.2) is 0 Å². The highest BCUT2D eigenvalue weighted by atomic mass is 16.5. The Balaban J connectivity index is 2.05. The number of ether oxygens (including phenoxy) is 2. The van der Waals surface area contributed by atoms with E-state index in [9.17, 15) is 0 Å². The number of hydrogen-bond acceptors (Lipinski definition) is 5. The van der Waals surface area contributed by atoms with E-state index in [1.165, 1.54) is 0 Å². The summed E-state index contributed by atoms with van der Waals surface area (Å²) in [6, 6.07) is 13.6. The maximum absolute atomic E-state index is 5.90. The molecule has 0 aliphatic carbocycles. The third kappa shape index (κ3) is 2.53. The smallest absolute Gasteiger partial charge is 0.153 e. The average molecular weight is 295 g/mol. The number of nitrogen functional groups attached to an aromatic ring is 1. The van der Waals surface area contributed by atoms with Crippen molar-refractivity contribution in [3.8, 4) is 11.5 Å². The van der Waals surface area contributed by atoms with Crippen LogP contribution in [0, 0.1) is 0 Å². The van der Waals surface area contributed by atoms with Gasteiger partial charge in [-0.2, -0.15) is 5.10 Å². The summed E-state index contributed by atoms with van der Waals surface area (Å²) in [4.78, 5) is 0. The molecule has 0 amide bonds. The zero-order valence-corrected chi connectivity index (χ0v) is 12.5. The van der Waals surface area contributed by atoms with Crippen molar-refractivity contribution in [3.05, 3.63) is 53.7 Å². The Morgan fingerprint density at radius 3 is 2.45 bits per heavy atom. The van der Waals surface area contributed by atoms with Crippen molar-refractivity contribution in [2.75, 3.05) is 20.0 Å². The summed E-state index contributed by atoms with van der Waals surface area (Å²) in [7, 11) is 3.28. The fourth-order valence-electron chi connectivity index (χ4n) is 2.49. The molecule has 112 valence electrons. The lowest BCUT2D eigenvalue weighted by Gasteiger charge is -2.11. The third-order valence-corrected chi connectivity index (χ3v) is 3.64. The van der Waals surface area contributed by atoms with Crippen LogP contribution < -0.4 is 15.2 Å².